The first-order valence-corrected chi connectivity index (χ1v) is 9.14. The molecule has 4 aromatic rings. The monoisotopic (exact) mass is 342 g/mol. The van der Waals surface area contributed by atoms with E-state index >= 15 is 0 Å². The summed E-state index contributed by atoms with van der Waals surface area (Å²) in [5.74, 6) is 0. The Morgan fingerprint density at radius 1 is 0.615 bits per heavy atom. The molecule has 0 aliphatic rings. The highest BCUT2D eigenvalue weighted by Gasteiger charge is 2.18. The number of aliphatic hydroxyl groups excluding tert-OH is 1. The Morgan fingerprint density at radius 3 is 1.38 bits per heavy atom. The van der Waals surface area contributed by atoms with E-state index < -0.39 is 0 Å². The minimum Gasteiger partial charge on any atom is -0.396 e. The number of aliphatic hydroxyl groups is 1. The van der Waals surface area contributed by atoms with E-state index in [1.807, 2.05) is 18.2 Å². The lowest BCUT2D eigenvalue weighted by Gasteiger charge is -2.23. The fourth-order valence-corrected chi connectivity index (χ4v) is 3.20. The third-order valence-electron chi connectivity index (χ3n) is 4.91. The molecule has 0 saturated carbocycles. The van der Waals surface area contributed by atoms with Gasteiger partial charge in [-0.1, -0.05) is 92.7 Å². The molecule has 0 amide bonds. The second-order valence-electron chi connectivity index (χ2n) is 7.27. The smallest absolute Gasteiger partial charge is 0.0439 e. The van der Waals surface area contributed by atoms with Crippen LogP contribution >= 0.6 is 0 Å². The molecule has 0 aliphatic heterocycles. The first-order valence-electron chi connectivity index (χ1n) is 9.14. The van der Waals surface area contributed by atoms with Crippen molar-refractivity contribution < 1.29 is 5.11 Å². The lowest BCUT2D eigenvalue weighted by Crippen LogP contribution is -2.18. The molecule has 1 N–H and O–H groups in total. The number of hydrogen-bond acceptors (Lipinski definition) is 1. The summed E-state index contributed by atoms with van der Waals surface area (Å²) >= 11 is 0. The van der Waals surface area contributed by atoms with Gasteiger partial charge < -0.3 is 5.11 Å². The normalized spacial score (nSPS) is 11.2. The fourth-order valence-electron chi connectivity index (χ4n) is 3.20. The molecule has 4 rings (SSSR count). The van der Waals surface area contributed by atoms with Crippen molar-refractivity contribution in [1.29, 1.82) is 0 Å². The predicted octanol–water partition coefficient (Wildman–Crippen LogP) is 6.34. The van der Waals surface area contributed by atoms with E-state index in [-0.39, 0.29) is 12.0 Å². The van der Waals surface area contributed by atoms with Crippen molar-refractivity contribution >= 4 is 21.5 Å². The second kappa shape index (κ2) is 8.16. The molecule has 0 heterocycles. The molecule has 0 fully saturated rings. The molecule has 1 nitrogen and oxygen atoms in total. The van der Waals surface area contributed by atoms with Crippen molar-refractivity contribution in [2.45, 2.75) is 25.7 Å². The standard InChI is InChI=1S/C14H10.C11H16O/c1-2-6-12-10-14-8-4-3-7-13(14)9-11(12)5-1;1-11(2,8-9-12)10-6-4-3-5-7-10/h1-10H;3-7,12H,8-9H2,1-2H3. The van der Waals surface area contributed by atoms with E-state index in [9.17, 15) is 0 Å². The minimum absolute atomic E-state index is 0.0933. The molecule has 0 bridgehead atoms. The van der Waals surface area contributed by atoms with Gasteiger partial charge in [-0.15, -0.1) is 0 Å². The van der Waals surface area contributed by atoms with Gasteiger partial charge in [0, 0.05) is 6.61 Å². The van der Waals surface area contributed by atoms with Gasteiger partial charge in [-0.3, -0.25) is 0 Å². The van der Waals surface area contributed by atoms with Crippen LogP contribution in [-0.2, 0) is 5.41 Å². The van der Waals surface area contributed by atoms with Crippen LogP contribution in [0.5, 0.6) is 0 Å². The zero-order valence-electron chi connectivity index (χ0n) is 15.5. The van der Waals surface area contributed by atoms with E-state index in [0.717, 1.165) is 6.42 Å². The molecular weight excluding hydrogens is 316 g/mol. The van der Waals surface area contributed by atoms with Crippen LogP contribution in [0.4, 0.5) is 0 Å². The number of benzene rings is 4. The molecule has 26 heavy (non-hydrogen) atoms. The summed E-state index contributed by atoms with van der Waals surface area (Å²) in [5, 5.41) is 14.1. The lowest BCUT2D eigenvalue weighted by molar-refractivity contribution is 0.252. The fraction of sp³-hybridized carbons (Fsp3) is 0.200. The van der Waals surface area contributed by atoms with Gasteiger partial charge in [0.1, 0.15) is 0 Å². The van der Waals surface area contributed by atoms with Gasteiger partial charge in [-0.25, -0.2) is 0 Å². The van der Waals surface area contributed by atoms with Crippen molar-refractivity contribution in [1.82, 2.24) is 0 Å². The third-order valence-corrected chi connectivity index (χ3v) is 4.91. The van der Waals surface area contributed by atoms with Crippen LogP contribution in [0.2, 0.25) is 0 Å². The first kappa shape index (κ1) is 18.2. The van der Waals surface area contributed by atoms with Crippen LogP contribution in [0.1, 0.15) is 25.8 Å². The third kappa shape index (κ3) is 4.30. The Labute approximate surface area is 155 Å². The topological polar surface area (TPSA) is 20.2 Å². The van der Waals surface area contributed by atoms with Crippen LogP contribution in [-0.4, -0.2) is 11.7 Å². The van der Waals surface area contributed by atoms with Gasteiger partial charge in [0.25, 0.3) is 0 Å². The molecule has 0 spiro atoms. The van der Waals surface area contributed by atoms with E-state index in [1.165, 1.54) is 27.1 Å². The molecule has 0 aromatic heterocycles. The van der Waals surface area contributed by atoms with E-state index in [0.29, 0.717) is 0 Å². The molecule has 0 unspecified atom stereocenters. The molecule has 0 saturated heterocycles. The number of rotatable bonds is 3. The van der Waals surface area contributed by atoms with Crippen LogP contribution in [0.3, 0.4) is 0 Å². The zero-order valence-corrected chi connectivity index (χ0v) is 15.5. The van der Waals surface area contributed by atoms with Gasteiger partial charge in [0.2, 0.25) is 0 Å². The van der Waals surface area contributed by atoms with E-state index in [2.05, 4.69) is 86.6 Å². The number of hydrogen-bond donors (Lipinski definition) is 1. The maximum Gasteiger partial charge on any atom is 0.0439 e. The number of fused-ring (bicyclic) bond motifs is 2. The Hall–Kier alpha value is -2.64. The summed E-state index contributed by atoms with van der Waals surface area (Å²) in [4.78, 5) is 0. The summed E-state index contributed by atoms with van der Waals surface area (Å²) in [5.41, 5.74) is 1.38. The van der Waals surface area contributed by atoms with Crippen molar-refractivity contribution in [3.8, 4) is 0 Å². The SMILES string of the molecule is CC(C)(CCO)c1ccccc1.c1ccc2cc3ccccc3cc2c1. The van der Waals surface area contributed by atoms with Gasteiger partial charge in [0.15, 0.2) is 0 Å². The van der Waals surface area contributed by atoms with Gasteiger partial charge in [-0.05, 0) is 51.1 Å². The van der Waals surface area contributed by atoms with Crippen LogP contribution in [0.15, 0.2) is 91.0 Å². The summed E-state index contributed by atoms with van der Waals surface area (Å²) in [6.07, 6.45) is 0.816. The summed E-state index contributed by atoms with van der Waals surface area (Å²) in [6, 6.07) is 31.7. The van der Waals surface area contributed by atoms with E-state index in [4.69, 9.17) is 5.11 Å². The van der Waals surface area contributed by atoms with Crippen LogP contribution < -0.4 is 0 Å². The van der Waals surface area contributed by atoms with Crippen molar-refractivity contribution in [3.05, 3.63) is 96.6 Å². The van der Waals surface area contributed by atoms with Crippen molar-refractivity contribution in [3.63, 3.8) is 0 Å². The minimum atomic E-state index is 0.0933. The maximum absolute atomic E-state index is 8.86. The molecular formula is C25H26O. The van der Waals surface area contributed by atoms with Gasteiger partial charge in [0.05, 0.1) is 0 Å². The van der Waals surface area contributed by atoms with Crippen LogP contribution in [0.25, 0.3) is 21.5 Å². The zero-order chi connectivity index (χ0) is 18.4. The highest BCUT2D eigenvalue weighted by atomic mass is 16.3. The van der Waals surface area contributed by atoms with Gasteiger partial charge >= 0.3 is 0 Å². The highest BCUT2D eigenvalue weighted by Crippen LogP contribution is 2.26. The molecule has 1 heteroatoms. The van der Waals surface area contributed by atoms with Crippen molar-refractivity contribution in [2.75, 3.05) is 6.61 Å². The maximum atomic E-state index is 8.86. The molecule has 0 aliphatic carbocycles. The van der Waals surface area contributed by atoms with Gasteiger partial charge in [-0.2, -0.15) is 0 Å². The Bertz CT molecular complexity index is 866. The Morgan fingerprint density at radius 2 is 1.00 bits per heavy atom. The highest BCUT2D eigenvalue weighted by molar-refractivity contribution is 5.98. The summed E-state index contributed by atoms with van der Waals surface area (Å²) in [6.45, 7) is 4.55. The largest absolute Gasteiger partial charge is 0.396 e. The Kier molecular flexibility index (Phi) is 5.70. The molecule has 0 atom stereocenters. The first-order chi connectivity index (χ1) is 12.6. The lowest BCUT2D eigenvalue weighted by atomic mass is 9.82. The summed E-state index contributed by atoms with van der Waals surface area (Å²) < 4.78 is 0. The van der Waals surface area contributed by atoms with Crippen molar-refractivity contribution in [2.24, 2.45) is 0 Å². The Balaban J connectivity index is 0.000000153. The average Bonchev–Trinajstić information content (AvgIpc) is 2.67. The predicted molar refractivity (Wildman–Crippen MR) is 113 cm³/mol. The quantitative estimate of drug-likeness (QED) is 0.431. The second-order valence-corrected chi connectivity index (χ2v) is 7.27. The summed E-state index contributed by atoms with van der Waals surface area (Å²) in [7, 11) is 0. The van der Waals surface area contributed by atoms with Crippen LogP contribution in [0, 0.1) is 0 Å². The molecule has 0 radical (unpaired) electrons. The average molecular weight is 342 g/mol. The molecule has 132 valence electrons. The van der Waals surface area contributed by atoms with E-state index in [1.54, 1.807) is 0 Å². The molecule has 4 aromatic carbocycles.